The van der Waals surface area contributed by atoms with E-state index in [4.69, 9.17) is 4.74 Å². The van der Waals surface area contributed by atoms with Crippen molar-refractivity contribution >= 4 is 23.7 Å². The number of nitrogens with zero attached hydrogens (tertiary/aromatic N) is 2. The maximum absolute atomic E-state index is 12.8. The van der Waals surface area contributed by atoms with Gasteiger partial charge in [0.15, 0.2) is 0 Å². The molecule has 2 aromatic carbocycles. The second-order valence-electron chi connectivity index (χ2n) is 6.43. The lowest BCUT2D eigenvalue weighted by Gasteiger charge is -2.13. The SMILES string of the molecule is CN1CCOc2ccc(-c3cccnc3Sc3ccc(C(F)(F)F)cc3)cc2S1. The van der Waals surface area contributed by atoms with Crippen LogP contribution in [0.5, 0.6) is 5.75 Å². The van der Waals surface area contributed by atoms with Gasteiger partial charge >= 0.3 is 6.18 Å². The summed E-state index contributed by atoms with van der Waals surface area (Å²) in [5, 5.41) is 0.736. The molecular formula is C21H17F3N2OS2. The lowest BCUT2D eigenvalue weighted by Crippen LogP contribution is -2.14. The summed E-state index contributed by atoms with van der Waals surface area (Å²) < 4.78 is 46.3. The molecule has 150 valence electrons. The quantitative estimate of drug-likeness (QED) is 0.454. The summed E-state index contributed by atoms with van der Waals surface area (Å²) in [7, 11) is 2.02. The van der Waals surface area contributed by atoms with Gasteiger partial charge < -0.3 is 4.74 Å². The number of ether oxygens (including phenoxy) is 1. The minimum absolute atomic E-state index is 0.637. The summed E-state index contributed by atoms with van der Waals surface area (Å²) in [6, 6.07) is 15.0. The molecule has 0 amide bonds. The predicted octanol–water partition coefficient (Wildman–Crippen LogP) is 6.25. The molecule has 0 saturated carbocycles. The van der Waals surface area contributed by atoms with Gasteiger partial charge in [-0.2, -0.15) is 13.2 Å². The van der Waals surface area contributed by atoms with Gasteiger partial charge in [-0.25, -0.2) is 9.29 Å². The molecule has 3 aromatic rings. The number of halogens is 3. The first-order valence-corrected chi connectivity index (χ1v) is 10.5. The van der Waals surface area contributed by atoms with Crippen molar-refractivity contribution in [3.63, 3.8) is 0 Å². The van der Waals surface area contributed by atoms with Crippen molar-refractivity contribution in [1.29, 1.82) is 0 Å². The number of benzene rings is 2. The molecule has 29 heavy (non-hydrogen) atoms. The number of pyridine rings is 1. The van der Waals surface area contributed by atoms with Crippen LogP contribution in [0, 0.1) is 0 Å². The van der Waals surface area contributed by atoms with Crippen molar-refractivity contribution in [2.45, 2.75) is 21.0 Å². The van der Waals surface area contributed by atoms with Crippen molar-refractivity contribution in [1.82, 2.24) is 9.29 Å². The minimum atomic E-state index is -4.34. The highest BCUT2D eigenvalue weighted by molar-refractivity contribution is 7.99. The first-order valence-electron chi connectivity index (χ1n) is 8.86. The van der Waals surface area contributed by atoms with Gasteiger partial charge in [0.05, 0.1) is 10.5 Å². The molecule has 0 unspecified atom stereocenters. The summed E-state index contributed by atoms with van der Waals surface area (Å²) in [6.45, 7) is 1.47. The van der Waals surface area contributed by atoms with E-state index in [1.807, 2.05) is 31.3 Å². The van der Waals surface area contributed by atoms with Crippen LogP contribution in [0.4, 0.5) is 13.2 Å². The molecule has 0 saturated heterocycles. The lowest BCUT2D eigenvalue weighted by molar-refractivity contribution is -0.137. The zero-order chi connectivity index (χ0) is 20.4. The number of alkyl halides is 3. The predicted molar refractivity (Wildman–Crippen MR) is 109 cm³/mol. The Kier molecular flexibility index (Phi) is 5.76. The van der Waals surface area contributed by atoms with Crippen LogP contribution in [0.15, 0.2) is 75.6 Å². The molecule has 0 fully saturated rings. The fourth-order valence-corrected chi connectivity index (χ4v) is 4.68. The van der Waals surface area contributed by atoms with Gasteiger partial charge in [-0.05, 0) is 67.0 Å². The van der Waals surface area contributed by atoms with Crippen LogP contribution < -0.4 is 4.74 Å². The molecular weight excluding hydrogens is 417 g/mol. The van der Waals surface area contributed by atoms with Gasteiger partial charge in [0.25, 0.3) is 0 Å². The van der Waals surface area contributed by atoms with Crippen molar-refractivity contribution < 1.29 is 17.9 Å². The third-order valence-electron chi connectivity index (χ3n) is 4.34. The van der Waals surface area contributed by atoms with E-state index < -0.39 is 11.7 Å². The lowest BCUT2D eigenvalue weighted by atomic mass is 10.1. The number of hydrogen-bond acceptors (Lipinski definition) is 5. The monoisotopic (exact) mass is 434 g/mol. The molecule has 3 nitrogen and oxygen atoms in total. The Morgan fingerprint density at radius 2 is 1.90 bits per heavy atom. The van der Waals surface area contributed by atoms with Crippen LogP contribution >= 0.6 is 23.7 Å². The molecule has 8 heteroatoms. The van der Waals surface area contributed by atoms with E-state index in [1.54, 1.807) is 18.1 Å². The van der Waals surface area contributed by atoms with E-state index in [2.05, 4.69) is 15.4 Å². The third-order valence-corrected chi connectivity index (χ3v) is 6.38. The van der Waals surface area contributed by atoms with Gasteiger partial charge in [-0.3, -0.25) is 0 Å². The summed E-state index contributed by atoms with van der Waals surface area (Å²) in [4.78, 5) is 6.18. The van der Waals surface area contributed by atoms with Crippen LogP contribution in [-0.4, -0.2) is 29.5 Å². The van der Waals surface area contributed by atoms with Gasteiger partial charge in [-0.1, -0.05) is 23.9 Å². The van der Waals surface area contributed by atoms with E-state index in [0.717, 1.165) is 45.5 Å². The van der Waals surface area contributed by atoms with E-state index in [1.165, 1.54) is 23.9 Å². The Morgan fingerprint density at radius 3 is 2.66 bits per heavy atom. The molecule has 0 atom stereocenters. The molecule has 0 radical (unpaired) electrons. The fourth-order valence-electron chi connectivity index (χ4n) is 2.88. The average molecular weight is 435 g/mol. The molecule has 0 N–H and O–H groups in total. The molecule has 0 spiro atoms. The van der Waals surface area contributed by atoms with Crippen LogP contribution in [-0.2, 0) is 6.18 Å². The van der Waals surface area contributed by atoms with E-state index in [-0.39, 0.29) is 0 Å². The molecule has 0 bridgehead atoms. The first-order chi connectivity index (χ1) is 13.9. The Hall–Kier alpha value is -2.16. The van der Waals surface area contributed by atoms with Crippen LogP contribution in [0.2, 0.25) is 0 Å². The number of rotatable bonds is 3. The van der Waals surface area contributed by atoms with Crippen molar-refractivity contribution in [2.75, 3.05) is 20.2 Å². The molecule has 1 aromatic heterocycles. The Bertz CT molecular complexity index is 1010. The molecule has 4 rings (SSSR count). The van der Waals surface area contributed by atoms with Crippen molar-refractivity contribution in [3.05, 3.63) is 66.4 Å². The normalized spacial score (nSPS) is 14.8. The smallest absolute Gasteiger partial charge is 0.416 e. The van der Waals surface area contributed by atoms with Gasteiger partial charge in [0.1, 0.15) is 17.4 Å². The Labute approximate surface area is 175 Å². The summed E-state index contributed by atoms with van der Waals surface area (Å²) in [5.74, 6) is 0.851. The Balaban J connectivity index is 1.64. The molecule has 1 aliphatic heterocycles. The number of aromatic nitrogens is 1. The fraction of sp³-hybridized carbons (Fsp3) is 0.190. The van der Waals surface area contributed by atoms with Crippen molar-refractivity contribution in [3.8, 4) is 16.9 Å². The average Bonchev–Trinajstić information content (AvgIpc) is 2.88. The maximum Gasteiger partial charge on any atom is 0.416 e. The maximum atomic E-state index is 12.8. The zero-order valence-corrected chi connectivity index (χ0v) is 17.1. The highest BCUT2D eigenvalue weighted by Crippen LogP contribution is 2.40. The summed E-state index contributed by atoms with van der Waals surface area (Å²) in [6.07, 6.45) is -2.65. The van der Waals surface area contributed by atoms with Gasteiger partial charge in [0, 0.05) is 23.2 Å². The van der Waals surface area contributed by atoms with E-state index >= 15 is 0 Å². The van der Waals surface area contributed by atoms with Crippen molar-refractivity contribution in [2.24, 2.45) is 0 Å². The zero-order valence-electron chi connectivity index (χ0n) is 15.4. The highest BCUT2D eigenvalue weighted by Gasteiger charge is 2.30. The highest BCUT2D eigenvalue weighted by atomic mass is 32.2. The minimum Gasteiger partial charge on any atom is -0.491 e. The summed E-state index contributed by atoms with van der Waals surface area (Å²) >= 11 is 2.97. The first kappa shape index (κ1) is 20.1. The molecule has 0 aliphatic carbocycles. The largest absolute Gasteiger partial charge is 0.491 e. The van der Waals surface area contributed by atoms with Gasteiger partial charge in [-0.15, -0.1) is 0 Å². The van der Waals surface area contributed by atoms with Crippen LogP contribution in [0.25, 0.3) is 11.1 Å². The third kappa shape index (κ3) is 4.71. The van der Waals surface area contributed by atoms with Crippen LogP contribution in [0.1, 0.15) is 5.56 Å². The second kappa shape index (κ2) is 8.30. The summed E-state index contributed by atoms with van der Waals surface area (Å²) in [5.41, 5.74) is 1.25. The van der Waals surface area contributed by atoms with Gasteiger partial charge in [0.2, 0.25) is 0 Å². The van der Waals surface area contributed by atoms with Crippen LogP contribution in [0.3, 0.4) is 0 Å². The molecule has 1 aliphatic rings. The standard InChI is InChI=1S/C21H17F3N2OS2/c1-26-11-12-27-18-9-4-14(13-19(18)29-26)17-3-2-10-25-20(17)28-16-7-5-15(6-8-16)21(22,23)24/h2-10,13H,11-12H2,1H3. The topological polar surface area (TPSA) is 25.4 Å². The molecule has 2 heterocycles. The number of hydrogen-bond donors (Lipinski definition) is 0. The number of likely N-dealkylation sites (N-methyl/N-ethyl adjacent to an activating group) is 1. The Morgan fingerprint density at radius 1 is 1.10 bits per heavy atom. The van der Waals surface area contributed by atoms with E-state index in [0.29, 0.717) is 11.5 Å². The number of fused-ring (bicyclic) bond motifs is 1. The van der Waals surface area contributed by atoms with E-state index in [9.17, 15) is 13.2 Å². The second-order valence-corrected chi connectivity index (χ2v) is 8.74.